The van der Waals surface area contributed by atoms with E-state index in [2.05, 4.69) is 15.6 Å². The number of halogens is 2. The Morgan fingerprint density at radius 2 is 2.06 bits per heavy atom. The van der Waals surface area contributed by atoms with Gasteiger partial charge in [0.1, 0.15) is 22.7 Å². The molecule has 1 aromatic carbocycles. The fourth-order valence-corrected chi connectivity index (χ4v) is 4.99. The molecule has 2 atom stereocenters. The Kier molecular flexibility index (Phi) is 6.84. The van der Waals surface area contributed by atoms with Crippen LogP contribution < -0.4 is 10.6 Å². The number of nitrogens with zero attached hydrogens (tertiary/aromatic N) is 2. The largest absolute Gasteiger partial charge is 0.444 e. The number of aliphatic imine (C=N–C) groups is 1. The van der Waals surface area contributed by atoms with Crippen LogP contribution >= 0.6 is 23.4 Å². The molecule has 2 aliphatic heterocycles. The van der Waals surface area contributed by atoms with E-state index in [4.69, 9.17) is 26.1 Å². The number of amidine groups is 1. The standard InChI is InChI=1S/C23H24ClFN4O4S/c1-22(2,3)33-21(31)28-20-29-23(12-32-10-13(23)11-34-20)16-8-15(5-6-17(16)25)27-19(30)18-7-4-14(24)9-26-18/h4-9,13H,10-12H2,1-3H3,(H,27,30)(H,28,29,31). The Bertz CT molecular complexity index is 1140. The second kappa shape index (κ2) is 9.52. The Morgan fingerprint density at radius 3 is 2.76 bits per heavy atom. The quantitative estimate of drug-likeness (QED) is 0.631. The molecule has 1 saturated heterocycles. The van der Waals surface area contributed by atoms with Crippen LogP contribution in [0, 0.1) is 11.7 Å². The first-order valence-electron chi connectivity index (χ1n) is 10.6. The predicted octanol–water partition coefficient (Wildman–Crippen LogP) is 4.60. The van der Waals surface area contributed by atoms with Crippen LogP contribution in [0.3, 0.4) is 0 Å². The summed E-state index contributed by atoms with van der Waals surface area (Å²) in [7, 11) is 0. The highest BCUT2D eigenvalue weighted by atomic mass is 35.5. The number of rotatable bonds is 3. The maximum Gasteiger partial charge on any atom is 0.413 e. The summed E-state index contributed by atoms with van der Waals surface area (Å²) in [6, 6.07) is 7.36. The summed E-state index contributed by atoms with van der Waals surface area (Å²) in [5.41, 5.74) is -0.877. The lowest BCUT2D eigenvalue weighted by molar-refractivity contribution is 0.0563. The number of anilines is 1. The van der Waals surface area contributed by atoms with E-state index in [0.717, 1.165) is 0 Å². The van der Waals surface area contributed by atoms with E-state index < -0.39 is 29.0 Å². The fourth-order valence-electron chi connectivity index (χ4n) is 3.77. The maximum absolute atomic E-state index is 15.1. The average Bonchev–Trinajstić information content (AvgIpc) is 3.18. The summed E-state index contributed by atoms with van der Waals surface area (Å²) in [6.07, 6.45) is 0.739. The van der Waals surface area contributed by atoms with E-state index in [1.54, 1.807) is 32.9 Å². The van der Waals surface area contributed by atoms with Gasteiger partial charge in [0, 0.05) is 29.1 Å². The zero-order valence-electron chi connectivity index (χ0n) is 18.9. The molecule has 0 radical (unpaired) electrons. The summed E-state index contributed by atoms with van der Waals surface area (Å²) < 4.78 is 26.1. The van der Waals surface area contributed by atoms with Gasteiger partial charge < -0.3 is 14.8 Å². The van der Waals surface area contributed by atoms with Gasteiger partial charge in [-0.15, -0.1) is 0 Å². The van der Waals surface area contributed by atoms with Gasteiger partial charge in [0.2, 0.25) is 0 Å². The van der Waals surface area contributed by atoms with Gasteiger partial charge in [-0.05, 0) is 51.1 Å². The van der Waals surface area contributed by atoms with Crippen LogP contribution in [-0.2, 0) is 15.0 Å². The molecule has 1 fully saturated rings. The number of hydrogen-bond acceptors (Lipinski definition) is 7. The number of benzene rings is 1. The summed E-state index contributed by atoms with van der Waals surface area (Å²) in [5.74, 6) is -0.481. The first-order valence-corrected chi connectivity index (χ1v) is 12.0. The van der Waals surface area contributed by atoms with Crippen LogP contribution in [0.1, 0.15) is 36.8 Å². The topological polar surface area (TPSA) is 102 Å². The molecule has 2 unspecified atom stereocenters. The zero-order chi connectivity index (χ0) is 24.5. The van der Waals surface area contributed by atoms with Crippen LogP contribution in [0.25, 0.3) is 0 Å². The minimum Gasteiger partial charge on any atom is -0.444 e. The summed E-state index contributed by atoms with van der Waals surface area (Å²) in [5, 5.41) is 6.14. The molecule has 0 aliphatic carbocycles. The molecular formula is C23H24ClFN4O4S. The Morgan fingerprint density at radius 1 is 1.26 bits per heavy atom. The molecule has 34 heavy (non-hydrogen) atoms. The van der Waals surface area contributed by atoms with Crippen LogP contribution in [0.4, 0.5) is 14.9 Å². The smallest absolute Gasteiger partial charge is 0.413 e. The van der Waals surface area contributed by atoms with Gasteiger partial charge in [-0.25, -0.2) is 19.2 Å². The SMILES string of the molecule is CC(C)(C)OC(=O)NC1=NC2(c3cc(NC(=O)c4ccc(Cl)cn4)ccc3F)COCC2CS1. The highest BCUT2D eigenvalue weighted by molar-refractivity contribution is 8.13. The molecule has 11 heteroatoms. The van der Waals surface area contributed by atoms with Crippen molar-refractivity contribution in [2.45, 2.75) is 31.9 Å². The Balaban J connectivity index is 1.62. The molecule has 0 saturated carbocycles. The number of hydrogen-bond donors (Lipinski definition) is 2. The van der Waals surface area contributed by atoms with Gasteiger partial charge in [-0.1, -0.05) is 23.4 Å². The van der Waals surface area contributed by atoms with Gasteiger partial charge in [-0.2, -0.15) is 0 Å². The number of thioether (sulfide) groups is 1. The van der Waals surface area contributed by atoms with E-state index in [-0.39, 0.29) is 23.8 Å². The number of nitrogens with one attached hydrogen (secondary N) is 2. The average molecular weight is 507 g/mol. The third-order valence-corrected chi connectivity index (χ3v) is 6.56. The van der Waals surface area contributed by atoms with Gasteiger partial charge in [0.25, 0.3) is 5.91 Å². The first kappa shape index (κ1) is 24.4. The number of pyridine rings is 1. The van der Waals surface area contributed by atoms with Gasteiger partial charge in [0.05, 0.1) is 18.2 Å². The van der Waals surface area contributed by atoms with E-state index in [1.165, 1.54) is 36.2 Å². The van der Waals surface area contributed by atoms with Gasteiger partial charge >= 0.3 is 6.09 Å². The number of aromatic nitrogens is 1. The van der Waals surface area contributed by atoms with Crippen molar-refractivity contribution in [1.29, 1.82) is 0 Å². The molecule has 0 spiro atoms. The van der Waals surface area contributed by atoms with Crippen molar-refractivity contribution in [1.82, 2.24) is 10.3 Å². The highest BCUT2D eigenvalue weighted by Gasteiger charge is 2.50. The minimum absolute atomic E-state index is 0.111. The second-order valence-electron chi connectivity index (χ2n) is 9.00. The van der Waals surface area contributed by atoms with Gasteiger partial charge in [0.15, 0.2) is 5.17 Å². The number of ether oxygens (including phenoxy) is 2. The summed E-state index contributed by atoms with van der Waals surface area (Å²) >= 11 is 7.18. The maximum atomic E-state index is 15.1. The van der Waals surface area contributed by atoms with E-state index in [9.17, 15) is 9.59 Å². The molecule has 0 bridgehead atoms. The molecule has 2 N–H and O–H groups in total. The van der Waals surface area contributed by atoms with Crippen molar-refractivity contribution in [3.8, 4) is 0 Å². The Labute approximate surface area is 205 Å². The highest BCUT2D eigenvalue weighted by Crippen LogP contribution is 2.46. The van der Waals surface area contributed by atoms with Crippen molar-refractivity contribution < 1.29 is 23.5 Å². The first-order chi connectivity index (χ1) is 16.1. The molecule has 2 aromatic rings. The number of carbonyl (C=O) groups excluding carboxylic acids is 2. The normalized spacial score (nSPS) is 21.9. The molecule has 2 amide bonds. The molecular weight excluding hydrogens is 483 g/mol. The number of carbonyl (C=O) groups is 2. The van der Waals surface area contributed by atoms with E-state index in [1.807, 2.05) is 0 Å². The number of fused-ring (bicyclic) bond motifs is 1. The van der Waals surface area contributed by atoms with Crippen molar-refractivity contribution in [3.63, 3.8) is 0 Å². The molecule has 3 heterocycles. The van der Waals surface area contributed by atoms with Crippen molar-refractivity contribution in [2.24, 2.45) is 10.9 Å². The monoisotopic (exact) mass is 506 g/mol. The summed E-state index contributed by atoms with van der Waals surface area (Å²) in [4.78, 5) is 33.6. The van der Waals surface area contributed by atoms with Crippen molar-refractivity contribution in [3.05, 3.63) is 58.6 Å². The third kappa shape index (κ3) is 5.34. The molecule has 180 valence electrons. The Hall–Kier alpha value is -2.69. The fraction of sp³-hybridized carbons (Fsp3) is 0.391. The van der Waals surface area contributed by atoms with Crippen LogP contribution in [0.5, 0.6) is 0 Å². The lowest BCUT2D eigenvalue weighted by Gasteiger charge is -2.35. The minimum atomic E-state index is -1.04. The zero-order valence-corrected chi connectivity index (χ0v) is 20.4. The molecule has 2 aliphatic rings. The second-order valence-corrected chi connectivity index (χ2v) is 10.4. The van der Waals surface area contributed by atoms with Gasteiger partial charge in [-0.3, -0.25) is 10.1 Å². The van der Waals surface area contributed by atoms with Crippen molar-refractivity contribution >= 4 is 46.2 Å². The molecule has 1 aromatic heterocycles. The lowest BCUT2D eigenvalue weighted by Crippen LogP contribution is -2.43. The lowest BCUT2D eigenvalue weighted by atomic mass is 9.81. The van der Waals surface area contributed by atoms with Crippen LogP contribution in [0.2, 0.25) is 5.02 Å². The molecule has 4 rings (SSSR count). The van der Waals surface area contributed by atoms with Crippen LogP contribution in [0.15, 0.2) is 41.5 Å². The predicted molar refractivity (Wildman–Crippen MR) is 129 cm³/mol. The molecule has 8 nitrogen and oxygen atoms in total. The van der Waals surface area contributed by atoms with Crippen LogP contribution in [-0.4, -0.2) is 46.7 Å². The number of amides is 2. The van der Waals surface area contributed by atoms with Crippen molar-refractivity contribution in [2.75, 3.05) is 24.3 Å². The number of alkyl carbamates (subject to hydrolysis) is 1. The third-order valence-electron chi connectivity index (χ3n) is 5.30. The summed E-state index contributed by atoms with van der Waals surface area (Å²) in [6.45, 7) is 5.84. The van der Waals surface area contributed by atoms with E-state index in [0.29, 0.717) is 28.2 Å². The van der Waals surface area contributed by atoms with E-state index >= 15 is 4.39 Å².